The smallest absolute Gasteiger partial charge is 0.301 e. The number of rotatable bonds is 3. The first kappa shape index (κ1) is 18.9. The number of amides is 1. The van der Waals surface area contributed by atoms with E-state index in [4.69, 9.17) is 11.6 Å². The minimum atomic E-state index is -0.782. The number of ketones is 1. The Labute approximate surface area is 178 Å². The molecule has 3 aromatic rings. The number of hydrogen-bond donors (Lipinski definition) is 1. The molecule has 1 saturated heterocycles. The molecule has 0 bridgehead atoms. The number of halogens is 2. The Kier molecular flexibility index (Phi) is 5.05. The van der Waals surface area contributed by atoms with Crippen molar-refractivity contribution in [2.24, 2.45) is 0 Å². The molecular weight excluding hydrogens is 464 g/mol. The predicted octanol–water partition coefficient (Wildman–Crippen LogP) is 5.19. The number of thiazole rings is 1. The summed E-state index contributed by atoms with van der Waals surface area (Å²) in [5, 5.41) is 13.5. The first-order valence-corrected chi connectivity index (χ1v) is 10.2. The van der Waals surface area contributed by atoms with Crippen molar-refractivity contribution in [3.05, 3.63) is 86.3 Å². The fourth-order valence-electron chi connectivity index (χ4n) is 3.09. The number of hydrogen-bond acceptors (Lipinski definition) is 5. The highest BCUT2D eigenvalue weighted by molar-refractivity contribution is 9.10. The van der Waals surface area contributed by atoms with E-state index in [1.165, 1.54) is 16.2 Å². The van der Waals surface area contributed by atoms with E-state index in [1.54, 1.807) is 48.0 Å². The molecule has 1 fully saturated rings. The molecule has 1 aliphatic rings. The van der Waals surface area contributed by atoms with Crippen molar-refractivity contribution in [2.45, 2.75) is 6.04 Å². The third kappa shape index (κ3) is 3.26. The van der Waals surface area contributed by atoms with Crippen LogP contribution in [0.25, 0.3) is 5.76 Å². The molecule has 2 aromatic carbocycles. The number of aliphatic hydroxyl groups excluding tert-OH is 1. The minimum absolute atomic E-state index is 0.0184. The van der Waals surface area contributed by atoms with Crippen LogP contribution < -0.4 is 4.90 Å². The largest absolute Gasteiger partial charge is 0.507 e. The Morgan fingerprint density at radius 2 is 1.79 bits per heavy atom. The van der Waals surface area contributed by atoms with Gasteiger partial charge in [0.1, 0.15) is 5.76 Å². The fourth-order valence-corrected chi connectivity index (χ4v) is 4.15. The minimum Gasteiger partial charge on any atom is -0.507 e. The van der Waals surface area contributed by atoms with Crippen molar-refractivity contribution >= 4 is 61.4 Å². The molecule has 0 radical (unpaired) electrons. The van der Waals surface area contributed by atoms with E-state index in [-0.39, 0.29) is 11.3 Å². The van der Waals surface area contributed by atoms with Crippen LogP contribution in [0.2, 0.25) is 5.02 Å². The maximum Gasteiger partial charge on any atom is 0.301 e. The molecule has 140 valence electrons. The molecular formula is C20H12BrClN2O3S. The van der Waals surface area contributed by atoms with Crippen LogP contribution in [-0.2, 0) is 9.59 Å². The molecule has 0 spiro atoms. The zero-order valence-corrected chi connectivity index (χ0v) is 17.3. The van der Waals surface area contributed by atoms with E-state index in [2.05, 4.69) is 20.9 Å². The summed E-state index contributed by atoms with van der Waals surface area (Å²) in [6, 6.07) is 12.9. The van der Waals surface area contributed by atoms with Crippen LogP contribution >= 0.6 is 38.9 Å². The van der Waals surface area contributed by atoms with E-state index in [0.717, 1.165) is 4.47 Å². The predicted molar refractivity (Wildman–Crippen MR) is 112 cm³/mol. The standard InChI is InChI=1S/C20H12BrClN2O3S/c21-13-5-1-11(2-6-13)16-15(17(25)12-3-7-14(22)8-4-12)18(26)19(27)24(16)20-23-9-10-28-20/h1-10,16,25H. The van der Waals surface area contributed by atoms with Gasteiger partial charge in [0.25, 0.3) is 5.78 Å². The van der Waals surface area contributed by atoms with Gasteiger partial charge in [-0.3, -0.25) is 14.5 Å². The van der Waals surface area contributed by atoms with Gasteiger partial charge in [-0.1, -0.05) is 39.7 Å². The number of anilines is 1. The molecule has 1 amide bonds. The highest BCUT2D eigenvalue weighted by Gasteiger charge is 2.47. The van der Waals surface area contributed by atoms with Gasteiger partial charge in [0.05, 0.1) is 11.6 Å². The van der Waals surface area contributed by atoms with Crippen LogP contribution in [0.3, 0.4) is 0 Å². The lowest BCUT2D eigenvalue weighted by atomic mass is 9.95. The maximum absolute atomic E-state index is 12.9. The number of nitrogens with zero attached hydrogens (tertiary/aromatic N) is 2. The first-order chi connectivity index (χ1) is 13.5. The normalized spacial score (nSPS) is 18.6. The Balaban J connectivity index is 1.93. The van der Waals surface area contributed by atoms with Crippen LogP contribution in [0, 0.1) is 0 Å². The summed E-state index contributed by atoms with van der Waals surface area (Å²) in [6.45, 7) is 0. The number of carbonyl (C=O) groups excluding carboxylic acids is 2. The molecule has 4 rings (SSSR count). The van der Waals surface area contributed by atoms with Gasteiger partial charge in [0.2, 0.25) is 0 Å². The van der Waals surface area contributed by atoms with E-state index in [1.807, 2.05) is 12.1 Å². The van der Waals surface area contributed by atoms with Gasteiger partial charge in [-0.25, -0.2) is 4.98 Å². The lowest BCUT2D eigenvalue weighted by Gasteiger charge is -2.23. The van der Waals surface area contributed by atoms with E-state index >= 15 is 0 Å². The SMILES string of the molecule is O=C1C(=O)N(c2nccs2)C(c2ccc(Br)cc2)C1=C(O)c1ccc(Cl)cc1. The molecule has 5 nitrogen and oxygen atoms in total. The van der Waals surface area contributed by atoms with Gasteiger partial charge in [0, 0.05) is 26.6 Å². The molecule has 1 aliphatic heterocycles. The lowest BCUT2D eigenvalue weighted by molar-refractivity contribution is -0.132. The Morgan fingerprint density at radius 1 is 1.11 bits per heavy atom. The Morgan fingerprint density at radius 3 is 2.39 bits per heavy atom. The van der Waals surface area contributed by atoms with Gasteiger partial charge in [-0.2, -0.15) is 0 Å². The average molecular weight is 476 g/mol. The molecule has 1 N–H and O–H groups in total. The number of benzene rings is 2. The second-order valence-corrected chi connectivity index (χ2v) is 8.27. The van der Waals surface area contributed by atoms with E-state index in [9.17, 15) is 14.7 Å². The number of carbonyl (C=O) groups is 2. The second kappa shape index (κ2) is 7.50. The van der Waals surface area contributed by atoms with E-state index in [0.29, 0.717) is 21.3 Å². The van der Waals surface area contributed by atoms with Crippen molar-refractivity contribution in [3.8, 4) is 0 Å². The van der Waals surface area contributed by atoms with Crippen LogP contribution in [-0.4, -0.2) is 21.8 Å². The second-order valence-electron chi connectivity index (χ2n) is 6.04. The maximum atomic E-state index is 12.9. The average Bonchev–Trinajstić information content (AvgIpc) is 3.30. The van der Waals surface area contributed by atoms with Gasteiger partial charge in [-0.15, -0.1) is 11.3 Å². The highest BCUT2D eigenvalue weighted by Crippen LogP contribution is 2.42. The number of aromatic nitrogens is 1. The van der Waals surface area contributed by atoms with Crippen LogP contribution in [0.15, 0.2) is 70.2 Å². The fraction of sp³-hybridized carbons (Fsp3) is 0.0500. The molecule has 1 unspecified atom stereocenters. The summed E-state index contributed by atoms with van der Waals surface area (Å²) >= 11 is 10.6. The van der Waals surface area contributed by atoms with Gasteiger partial charge >= 0.3 is 5.91 Å². The van der Waals surface area contributed by atoms with E-state index < -0.39 is 17.7 Å². The van der Waals surface area contributed by atoms with Crippen molar-refractivity contribution in [2.75, 3.05) is 4.90 Å². The quantitative estimate of drug-likeness (QED) is 0.322. The number of aliphatic hydroxyl groups is 1. The molecule has 1 aromatic heterocycles. The summed E-state index contributed by atoms with van der Waals surface area (Å²) in [5.74, 6) is -1.73. The summed E-state index contributed by atoms with van der Waals surface area (Å²) in [7, 11) is 0. The van der Waals surface area contributed by atoms with Crippen molar-refractivity contribution in [1.82, 2.24) is 4.98 Å². The van der Waals surface area contributed by atoms with Crippen molar-refractivity contribution in [3.63, 3.8) is 0 Å². The first-order valence-electron chi connectivity index (χ1n) is 8.19. The van der Waals surface area contributed by atoms with Gasteiger partial charge in [0.15, 0.2) is 5.13 Å². The van der Waals surface area contributed by atoms with Crippen LogP contribution in [0.5, 0.6) is 0 Å². The molecule has 0 aliphatic carbocycles. The molecule has 2 heterocycles. The summed E-state index contributed by atoms with van der Waals surface area (Å²) in [5.41, 5.74) is 1.11. The summed E-state index contributed by atoms with van der Waals surface area (Å²) in [4.78, 5) is 31.2. The third-order valence-electron chi connectivity index (χ3n) is 4.37. The Hall–Kier alpha value is -2.48. The van der Waals surface area contributed by atoms with Gasteiger partial charge < -0.3 is 5.11 Å². The molecule has 0 saturated carbocycles. The molecule has 1 atom stereocenters. The summed E-state index contributed by atoms with van der Waals surface area (Å²) in [6.07, 6.45) is 1.57. The monoisotopic (exact) mass is 474 g/mol. The third-order valence-corrected chi connectivity index (χ3v) is 5.92. The highest BCUT2D eigenvalue weighted by atomic mass is 79.9. The lowest BCUT2D eigenvalue weighted by Crippen LogP contribution is -2.29. The zero-order valence-electron chi connectivity index (χ0n) is 14.2. The van der Waals surface area contributed by atoms with Gasteiger partial charge in [-0.05, 0) is 42.0 Å². The topological polar surface area (TPSA) is 70.5 Å². The Bertz CT molecular complexity index is 1080. The molecule has 8 heteroatoms. The zero-order chi connectivity index (χ0) is 19.8. The number of Topliss-reactive ketones (excluding diaryl/α,β-unsaturated/α-hetero) is 1. The van der Waals surface area contributed by atoms with Crippen molar-refractivity contribution < 1.29 is 14.7 Å². The van der Waals surface area contributed by atoms with Crippen LogP contribution in [0.1, 0.15) is 17.2 Å². The van der Waals surface area contributed by atoms with Crippen molar-refractivity contribution in [1.29, 1.82) is 0 Å². The molecule has 28 heavy (non-hydrogen) atoms. The summed E-state index contributed by atoms with van der Waals surface area (Å²) < 4.78 is 0.861. The van der Waals surface area contributed by atoms with Crippen LogP contribution in [0.4, 0.5) is 5.13 Å².